The normalized spacial score (nSPS) is 10.4. The van der Waals surface area contributed by atoms with Gasteiger partial charge in [-0.25, -0.2) is 4.79 Å². The maximum Gasteiger partial charge on any atom is 0.337 e. The molecule has 17 heavy (non-hydrogen) atoms. The van der Waals surface area contributed by atoms with E-state index in [1.165, 1.54) is 13.2 Å². The number of nitrogens with two attached hydrogens (primary N) is 1. The van der Waals surface area contributed by atoms with E-state index in [2.05, 4.69) is 4.74 Å². The van der Waals surface area contributed by atoms with Crippen molar-refractivity contribution in [1.82, 2.24) is 0 Å². The van der Waals surface area contributed by atoms with Crippen LogP contribution in [-0.4, -0.2) is 24.2 Å². The first-order valence-electron chi connectivity index (χ1n) is 4.90. The molecule has 0 amide bonds. The molecule has 0 aromatic heterocycles. The van der Waals surface area contributed by atoms with E-state index in [9.17, 15) is 9.59 Å². The highest BCUT2D eigenvalue weighted by molar-refractivity contribution is 5.91. The molecule has 0 unspecified atom stereocenters. The molecular formula is C12H13NO4. The number of esters is 1. The number of rotatable bonds is 4. The molecule has 0 bridgehead atoms. The fourth-order valence-corrected chi connectivity index (χ4v) is 1.25. The fourth-order valence-electron chi connectivity index (χ4n) is 1.25. The molecule has 0 aliphatic rings. The fraction of sp³-hybridized carbons (Fsp3) is 0.167. The van der Waals surface area contributed by atoms with Crippen molar-refractivity contribution >= 4 is 23.7 Å². The lowest BCUT2D eigenvalue weighted by molar-refractivity contribution is -0.135. The number of carbonyl (C=O) groups excluding carboxylic acids is 1. The standard InChI is InChI=1S/C12H13NO4/c1-17-12(16)9-5-6-10(13)8(7-9)3-2-4-11(14)15/h2-3,5-7H,4,13H2,1H3,(H,14,15). The maximum atomic E-state index is 11.3. The van der Waals surface area contributed by atoms with Gasteiger partial charge in [0.05, 0.1) is 19.1 Å². The van der Waals surface area contributed by atoms with E-state index < -0.39 is 11.9 Å². The van der Waals surface area contributed by atoms with E-state index in [1.54, 1.807) is 24.3 Å². The predicted octanol–water partition coefficient (Wildman–Crippen LogP) is 1.54. The van der Waals surface area contributed by atoms with E-state index in [-0.39, 0.29) is 6.42 Å². The number of nitrogen functional groups attached to an aromatic ring is 1. The first kappa shape index (κ1) is 12.8. The molecule has 0 heterocycles. The third-order valence-electron chi connectivity index (χ3n) is 2.10. The van der Waals surface area contributed by atoms with Crippen LogP contribution in [0.3, 0.4) is 0 Å². The number of carboxylic acids is 1. The molecule has 1 rings (SSSR count). The third kappa shape index (κ3) is 3.64. The van der Waals surface area contributed by atoms with Crippen molar-refractivity contribution < 1.29 is 19.4 Å². The Labute approximate surface area is 98.5 Å². The van der Waals surface area contributed by atoms with Crippen LogP contribution < -0.4 is 5.73 Å². The summed E-state index contributed by atoms with van der Waals surface area (Å²) in [7, 11) is 1.29. The zero-order chi connectivity index (χ0) is 12.8. The largest absolute Gasteiger partial charge is 0.481 e. The molecule has 0 saturated heterocycles. The minimum absolute atomic E-state index is 0.0953. The topological polar surface area (TPSA) is 89.6 Å². The first-order chi connectivity index (χ1) is 8.04. The minimum atomic E-state index is -0.927. The molecule has 3 N–H and O–H groups in total. The van der Waals surface area contributed by atoms with Crippen LogP contribution in [0, 0.1) is 0 Å². The average molecular weight is 235 g/mol. The van der Waals surface area contributed by atoms with Crippen molar-refractivity contribution in [2.75, 3.05) is 12.8 Å². The lowest BCUT2D eigenvalue weighted by Gasteiger charge is -2.03. The molecular weight excluding hydrogens is 222 g/mol. The number of carbonyl (C=O) groups is 2. The zero-order valence-electron chi connectivity index (χ0n) is 9.34. The Kier molecular flexibility index (Phi) is 4.28. The summed E-state index contributed by atoms with van der Waals surface area (Å²) in [6, 6.07) is 4.68. The van der Waals surface area contributed by atoms with Gasteiger partial charge in [-0.2, -0.15) is 0 Å². The summed E-state index contributed by atoms with van der Waals surface area (Å²) >= 11 is 0. The highest BCUT2D eigenvalue weighted by Crippen LogP contribution is 2.16. The monoisotopic (exact) mass is 235 g/mol. The zero-order valence-corrected chi connectivity index (χ0v) is 9.34. The lowest BCUT2D eigenvalue weighted by atomic mass is 10.1. The van der Waals surface area contributed by atoms with Gasteiger partial charge in [0.25, 0.3) is 0 Å². The Morgan fingerprint density at radius 1 is 1.47 bits per heavy atom. The molecule has 0 aliphatic carbocycles. The molecule has 0 saturated carbocycles. The Morgan fingerprint density at radius 3 is 2.76 bits per heavy atom. The van der Waals surface area contributed by atoms with Crippen molar-refractivity contribution in [1.29, 1.82) is 0 Å². The molecule has 90 valence electrons. The average Bonchev–Trinajstić information content (AvgIpc) is 2.30. The van der Waals surface area contributed by atoms with Gasteiger partial charge in [-0.1, -0.05) is 12.2 Å². The molecule has 1 aromatic rings. The Balaban J connectivity index is 2.94. The number of hydrogen-bond donors (Lipinski definition) is 2. The van der Waals surface area contributed by atoms with Crippen molar-refractivity contribution in [3.05, 3.63) is 35.4 Å². The van der Waals surface area contributed by atoms with Gasteiger partial charge in [-0.15, -0.1) is 0 Å². The number of methoxy groups -OCH3 is 1. The smallest absolute Gasteiger partial charge is 0.337 e. The summed E-state index contributed by atoms with van der Waals surface area (Å²) in [6.45, 7) is 0. The Bertz CT molecular complexity index is 466. The summed E-state index contributed by atoms with van der Waals surface area (Å²) in [4.78, 5) is 21.6. The maximum absolute atomic E-state index is 11.3. The van der Waals surface area contributed by atoms with Crippen LogP contribution in [0.4, 0.5) is 5.69 Å². The van der Waals surface area contributed by atoms with Crippen LogP contribution in [0.1, 0.15) is 22.3 Å². The van der Waals surface area contributed by atoms with Crippen LogP contribution in [0.15, 0.2) is 24.3 Å². The van der Waals surface area contributed by atoms with Gasteiger partial charge < -0.3 is 15.6 Å². The molecule has 0 spiro atoms. The summed E-state index contributed by atoms with van der Waals surface area (Å²) in [5.41, 5.74) is 7.13. The summed E-state index contributed by atoms with van der Waals surface area (Å²) in [6.07, 6.45) is 2.94. The number of carboxylic acid groups (broad SMARTS) is 1. The van der Waals surface area contributed by atoms with Crippen LogP contribution in [0.25, 0.3) is 6.08 Å². The number of aliphatic carboxylic acids is 1. The van der Waals surface area contributed by atoms with E-state index in [0.717, 1.165) is 0 Å². The van der Waals surface area contributed by atoms with Crippen LogP contribution in [-0.2, 0) is 9.53 Å². The lowest BCUT2D eigenvalue weighted by Crippen LogP contribution is -2.02. The highest BCUT2D eigenvalue weighted by atomic mass is 16.5. The van der Waals surface area contributed by atoms with Gasteiger partial charge in [0.1, 0.15) is 0 Å². The third-order valence-corrected chi connectivity index (χ3v) is 2.10. The highest BCUT2D eigenvalue weighted by Gasteiger charge is 2.06. The van der Waals surface area contributed by atoms with E-state index in [0.29, 0.717) is 16.8 Å². The molecule has 1 aromatic carbocycles. The number of anilines is 1. The predicted molar refractivity (Wildman–Crippen MR) is 63.5 cm³/mol. The van der Waals surface area contributed by atoms with Crippen LogP contribution >= 0.6 is 0 Å². The van der Waals surface area contributed by atoms with Gasteiger partial charge in [0, 0.05) is 5.69 Å². The summed E-state index contributed by atoms with van der Waals surface area (Å²) < 4.78 is 4.58. The van der Waals surface area contributed by atoms with Gasteiger partial charge in [-0.3, -0.25) is 4.79 Å². The molecule has 0 aliphatic heterocycles. The van der Waals surface area contributed by atoms with Crippen LogP contribution in [0.5, 0.6) is 0 Å². The SMILES string of the molecule is COC(=O)c1ccc(N)c(C=CCC(=O)O)c1. The van der Waals surface area contributed by atoms with Crippen LogP contribution in [0.2, 0.25) is 0 Å². The van der Waals surface area contributed by atoms with Crippen molar-refractivity contribution in [3.8, 4) is 0 Å². The Hall–Kier alpha value is -2.30. The number of benzene rings is 1. The van der Waals surface area contributed by atoms with Gasteiger partial charge in [-0.05, 0) is 23.8 Å². The second kappa shape index (κ2) is 5.69. The second-order valence-corrected chi connectivity index (χ2v) is 3.34. The van der Waals surface area contributed by atoms with Crippen molar-refractivity contribution in [2.24, 2.45) is 0 Å². The van der Waals surface area contributed by atoms with E-state index >= 15 is 0 Å². The first-order valence-corrected chi connectivity index (χ1v) is 4.90. The van der Waals surface area contributed by atoms with E-state index in [4.69, 9.17) is 10.8 Å². The number of ether oxygens (including phenoxy) is 1. The molecule has 0 fully saturated rings. The van der Waals surface area contributed by atoms with Crippen molar-refractivity contribution in [3.63, 3.8) is 0 Å². The minimum Gasteiger partial charge on any atom is -0.481 e. The number of hydrogen-bond acceptors (Lipinski definition) is 4. The molecule has 0 radical (unpaired) electrons. The van der Waals surface area contributed by atoms with Gasteiger partial charge in [0.15, 0.2) is 0 Å². The molecule has 0 atom stereocenters. The van der Waals surface area contributed by atoms with E-state index in [1.807, 2.05) is 0 Å². The quantitative estimate of drug-likeness (QED) is 0.610. The second-order valence-electron chi connectivity index (χ2n) is 3.34. The van der Waals surface area contributed by atoms with Gasteiger partial charge in [0.2, 0.25) is 0 Å². The Morgan fingerprint density at radius 2 is 2.18 bits per heavy atom. The van der Waals surface area contributed by atoms with Crippen molar-refractivity contribution in [2.45, 2.75) is 6.42 Å². The molecule has 5 nitrogen and oxygen atoms in total. The van der Waals surface area contributed by atoms with Gasteiger partial charge >= 0.3 is 11.9 Å². The summed E-state index contributed by atoms with van der Waals surface area (Å²) in [5.74, 6) is -1.39. The molecule has 5 heteroatoms. The summed E-state index contributed by atoms with van der Waals surface area (Å²) in [5, 5.41) is 8.49.